The molecule has 0 fully saturated rings. The first-order chi connectivity index (χ1) is 25.8. The molecule has 2 heteroatoms. The van der Waals surface area contributed by atoms with E-state index in [0.717, 1.165) is 44.4 Å². The van der Waals surface area contributed by atoms with Gasteiger partial charge in [-0.15, -0.1) is 0 Å². The van der Waals surface area contributed by atoms with Gasteiger partial charge in [0.1, 0.15) is 11.2 Å². The predicted octanol–water partition coefficient (Wildman–Crippen LogP) is 14.4. The van der Waals surface area contributed by atoms with Crippen molar-refractivity contribution in [1.82, 2.24) is 0 Å². The molecule has 0 radical (unpaired) electrons. The lowest BCUT2D eigenvalue weighted by Crippen LogP contribution is -2.10. The summed E-state index contributed by atoms with van der Waals surface area (Å²) in [5, 5.41) is 6.98. The van der Waals surface area contributed by atoms with Crippen LogP contribution in [0.5, 0.6) is 0 Å². The van der Waals surface area contributed by atoms with Crippen LogP contribution in [0.25, 0.3) is 76.9 Å². The second-order valence-electron chi connectivity index (χ2n) is 13.3. The maximum Gasteiger partial charge on any atom is 0.143 e. The number of anilines is 3. The van der Waals surface area contributed by atoms with E-state index >= 15 is 0 Å². The van der Waals surface area contributed by atoms with Crippen molar-refractivity contribution in [2.45, 2.75) is 0 Å². The topological polar surface area (TPSA) is 16.4 Å². The van der Waals surface area contributed by atoms with Gasteiger partial charge < -0.3 is 9.32 Å². The van der Waals surface area contributed by atoms with Gasteiger partial charge in [-0.2, -0.15) is 0 Å². The zero-order valence-corrected chi connectivity index (χ0v) is 28.4. The first-order valence-corrected chi connectivity index (χ1v) is 17.8. The van der Waals surface area contributed by atoms with E-state index in [9.17, 15) is 0 Å². The molecule has 0 aliphatic heterocycles. The molecule has 52 heavy (non-hydrogen) atoms. The van der Waals surface area contributed by atoms with E-state index in [0.29, 0.717) is 0 Å². The van der Waals surface area contributed by atoms with Crippen LogP contribution in [0, 0.1) is 0 Å². The van der Waals surface area contributed by atoms with Gasteiger partial charge >= 0.3 is 0 Å². The van der Waals surface area contributed by atoms with E-state index < -0.39 is 0 Å². The molecule has 10 rings (SSSR count). The summed E-state index contributed by atoms with van der Waals surface area (Å²) in [4.78, 5) is 2.38. The third kappa shape index (κ3) is 5.04. The van der Waals surface area contributed by atoms with E-state index in [4.69, 9.17) is 4.42 Å². The summed E-state index contributed by atoms with van der Waals surface area (Å²) in [6.07, 6.45) is 0. The summed E-state index contributed by atoms with van der Waals surface area (Å²) >= 11 is 0. The smallest absolute Gasteiger partial charge is 0.143 e. The molecule has 0 saturated heterocycles. The number of hydrogen-bond donors (Lipinski definition) is 0. The largest absolute Gasteiger partial charge is 0.455 e. The lowest BCUT2D eigenvalue weighted by Gasteiger charge is -2.27. The Morgan fingerprint density at radius 1 is 0.346 bits per heavy atom. The number of hydrogen-bond acceptors (Lipinski definition) is 2. The molecule has 1 aromatic heterocycles. The van der Waals surface area contributed by atoms with Crippen molar-refractivity contribution in [2.75, 3.05) is 4.90 Å². The first kappa shape index (κ1) is 30.0. The van der Waals surface area contributed by atoms with E-state index in [1.165, 1.54) is 49.5 Å². The summed E-state index contributed by atoms with van der Waals surface area (Å²) in [5.74, 6) is 0. The highest BCUT2D eigenvalue weighted by molar-refractivity contribution is 6.19. The number of nitrogens with zero attached hydrogens (tertiary/aromatic N) is 1. The summed E-state index contributed by atoms with van der Waals surface area (Å²) < 4.78 is 6.66. The van der Waals surface area contributed by atoms with Crippen molar-refractivity contribution in [2.24, 2.45) is 0 Å². The molecule has 9 aromatic carbocycles. The standard InChI is InChI=1S/C50H33NO/c1-3-13-34(14-4-1)39-20-9-21-41(33-39)51(46-25-12-26-47-49(46)45-32-29-36-17-7-8-22-44(36)50(45)52-47)40-30-27-37(28-31-40)43-24-11-19-38-18-10-23-42(48(38)43)35-15-5-2-6-16-35/h1-33H. The van der Waals surface area contributed by atoms with Crippen LogP contribution in [0.4, 0.5) is 17.1 Å². The molecule has 0 amide bonds. The van der Waals surface area contributed by atoms with Crippen molar-refractivity contribution >= 4 is 60.5 Å². The summed E-state index contributed by atoms with van der Waals surface area (Å²) in [6, 6.07) is 71.6. The Hall–Kier alpha value is -6.90. The second kappa shape index (κ2) is 12.5. The second-order valence-corrected chi connectivity index (χ2v) is 13.3. The number of furan rings is 1. The van der Waals surface area contributed by atoms with Gasteiger partial charge in [0.15, 0.2) is 0 Å². The number of fused-ring (bicyclic) bond motifs is 6. The van der Waals surface area contributed by atoms with Gasteiger partial charge in [-0.25, -0.2) is 0 Å². The highest BCUT2D eigenvalue weighted by atomic mass is 16.3. The van der Waals surface area contributed by atoms with Crippen molar-refractivity contribution < 1.29 is 4.42 Å². The Balaban J connectivity index is 1.17. The molecule has 1 heterocycles. The van der Waals surface area contributed by atoms with Crippen LogP contribution in [0.15, 0.2) is 205 Å². The van der Waals surface area contributed by atoms with Crippen LogP contribution in [0.3, 0.4) is 0 Å². The summed E-state index contributed by atoms with van der Waals surface area (Å²) in [5.41, 5.74) is 12.2. The molecule has 0 atom stereocenters. The lowest BCUT2D eigenvalue weighted by atomic mass is 9.91. The van der Waals surface area contributed by atoms with Gasteiger partial charge in [0.25, 0.3) is 0 Å². The zero-order valence-electron chi connectivity index (χ0n) is 28.4. The van der Waals surface area contributed by atoms with Crippen LogP contribution >= 0.6 is 0 Å². The van der Waals surface area contributed by atoms with Gasteiger partial charge in [-0.1, -0.05) is 158 Å². The van der Waals surface area contributed by atoms with Crippen molar-refractivity contribution in [3.05, 3.63) is 200 Å². The average Bonchev–Trinajstić information content (AvgIpc) is 3.62. The Morgan fingerprint density at radius 2 is 0.962 bits per heavy atom. The summed E-state index contributed by atoms with van der Waals surface area (Å²) in [6.45, 7) is 0. The minimum atomic E-state index is 0.869. The minimum absolute atomic E-state index is 0.869. The highest BCUT2D eigenvalue weighted by Gasteiger charge is 2.21. The first-order valence-electron chi connectivity index (χ1n) is 17.8. The molecule has 244 valence electrons. The molecule has 0 saturated carbocycles. The molecule has 10 aromatic rings. The molecule has 0 aliphatic rings. The fourth-order valence-corrected chi connectivity index (χ4v) is 7.83. The molecule has 0 N–H and O–H groups in total. The monoisotopic (exact) mass is 663 g/mol. The van der Waals surface area contributed by atoms with Gasteiger partial charge in [-0.3, -0.25) is 0 Å². The Kier molecular flexibility index (Phi) is 7.18. The predicted molar refractivity (Wildman–Crippen MR) is 220 cm³/mol. The highest BCUT2D eigenvalue weighted by Crippen LogP contribution is 2.45. The third-order valence-corrected chi connectivity index (χ3v) is 10.2. The van der Waals surface area contributed by atoms with E-state index in [1.807, 2.05) is 0 Å². The third-order valence-electron chi connectivity index (χ3n) is 10.2. The van der Waals surface area contributed by atoms with E-state index in [-0.39, 0.29) is 0 Å². The Bertz CT molecular complexity index is 2880. The van der Waals surface area contributed by atoms with Gasteiger partial charge in [-0.05, 0) is 92.0 Å². The molecular weight excluding hydrogens is 631 g/mol. The summed E-state index contributed by atoms with van der Waals surface area (Å²) in [7, 11) is 0. The van der Waals surface area contributed by atoms with Gasteiger partial charge in [0, 0.05) is 22.1 Å². The van der Waals surface area contributed by atoms with Crippen molar-refractivity contribution in [3.63, 3.8) is 0 Å². The van der Waals surface area contributed by atoms with Crippen LogP contribution in [0.2, 0.25) is 0 Å². The Morgan fingerprint density at radius 3 is 1.73 bits per heavy atom. The molecule has 0 aliphatic carbocycles. The van der Waals surface area contributed by atoms with Crippen LogP contribution in [-0.2, 0) is 0 Å². The SMILES string of the molecule is c1ccc(-c2cccc(N(c3ccc(-c4cccc5cccc(-c6ccccc6)c45)cc3)c3cccc4oc5c6ccccc6ccc5c34)c2)cc1. The zero-order chi connectivity index (χ0) is 34.4. The van der Waals surface area contributed by atoms with Crippen LogP contribution in [-0.4, -0.2) is 0 Å². The van der Waals surface area contributed by atoms with E-state index in [2.05, 4.69) is 205 Å². The molecule has 0 spiro atoms. The molecule has 0 unspecified atom stereocenters. The van der Waals surface area contributed by atoms with Crippen LogP contribution < -0.4 is 4.90 Å². The average molecular weight is 664 g/mol. The fourth-order valence-electron chi connectivity index (χ4n) is 7.83. The number of rotatable bonds is 6. The lowest BCUT2D eigenvalue weighted by molar-refractivity contribution is 0.672. The maximum absolute atomic E-state index is 6.66. The normalized spacial score (nSPS) is 11.5. The fraction of sp³-hybridized carbons (Fsp3) is 0. The van der Waals surface area contributed by atoms with Crippen molar-refractivity contribution in [3.8, 4) is 33.4 Å². The van der Waals surface area contributed by atoms with Crippen molar-refractivity contribution in [1.29, 1.82) is 0 Å². The Labute approximate surface area is 302 Å². The quantitative estimate of drug-likeness (QED) is 0.176. The van der Waals surface area contributed by atoms with E-state index in [1.54, 1.807) is 0 Å². The minimum Gasteiger partial charge on any atom is -0.455 e. The molecule has 0 bridgehead atoms. The van der Waals surface area contributed by atoms with Crippen LogP contribution in [0.1, 0.15) is 0 Å². The molecular formula is C50H33NO. The van der Waals surface area contributed by atoms with Gasteiger partial charge in [0.05, 0.1) is 11.1 Å². The molecule has 2 nitrogen and oxygen atoms in total. The maximum atomic E-state index is 6.66. The van der Waals surface area contributed by atoms with Gasteiger partial charge in [0.2, 0.25) is 0 Å². The number of benzene rings is 9.